The van der Waals surface area contributed by atoms with Gasteiger partial charge in [-0.2, -0.15) is 0 Å². The largest absolute Gasteiger partial charge is 0.507 e. The second-order valence-corrected chi connectivity index (χ2v) is 9.67. The number of phenols is 1. The van der Waals surface area contributed by atoms with Crippen LogP contribution >= 0.6 is 34.4 Å². The van der Waals surface area contributed by atoms with Crippen molar-refractivity contribution in [2.75, 3.05) is 17.6 Å². The van der Waals surface area contributed by atoms with E-state index in [4.69, 9.17) is 4.98 Å². The Morgan fingerprint density at radius 1 is 1.23 bits per heavy atom. The van der Waals surface area contributed by atoms with Gasteiger partial charge in [0.15, 0.2) is 26.0 Å². The highest BCUT2D eigenvalue weighted by Gasteiger charge is 2.26. The maximum atomic E-state index is 10.3. The zero-order valence-electron chi connectivity index (χ0n) is 17.1. The van der Waals surface area contributed by atoms with Gasteiger partial charge in [0.2, 0.25) is 0 Å². The minimum Gasteiger partial charge on any atom is -0.507 e. The van der Waals surface area contributed by atoms with Crippen molar-refractivity contribution in [2.24, 2.45) is 0 Å². The number of aryl methyl sites for hydroxylation is 1. The van der Waals surface area contributed by atoms with Gasteiger partial charge in [-0.15, -0.1) is 0 Å². The van der Waals surface area contributed by atoms with Crippen LogP contribution < -0.4 is 5.32 Å². The molecule has 0 aliphatic carbocycles. The molecular weight excluding hydrogens is 523 g/mol. The van der Waals surface area contributed by atoms with Crippen molar-refractivity contribution in [1.29, 1.82) is 0 Å². The molecule has 1 atom stereocenters. The third kappa shape index (κ3) is 3.96. The van der Waals surface area contributed by atoms with E-state index in [1.807, 2.05) is 31.3 Å². The van der Waals surface area contributed by atoms with E-state index in [0.717, 1.165) is 56.6 Å². The number of nitrogens with one attached hydrogen (secondary N) is 1. The van der Waals surface area contributed by atoms with E-state index in [-0.39, 0.29) is 5.75 Å². The summed E-state index contributed by atoms with van der Waals surface area (Å²) in [6, 6.07) is 8.14. The molecule has 2 N–H and O–H groups in total. The normalized spacial score (nSPS) is 15.4. The molecule has 0 unspecified atom stereocenters. The predicted octanol–water partition coefficient (Wildman–Crippen LogP) is 4.83. The molecular formula is C22H21IN6OS. The van der Waals surface area contributed by atoms with Gasteiger partial charge in [0.1, 0.15) is 5.75 Å². The number of pyridine rings is 1. The quantitative estimate of drug-likeness (QED) is 0.275. The lowest BCUT2D eigenvalue weighted by Gasteiger charge is -2.11. The number of benzene rings is 1. The molecule has 4 heterocycles. The monoisotopic (exact) mass is 544 g/mol. The second-order valence-electron chi connectivity index (χ2n) is 7.72. The highest BCUT2D eigenvalue weighted by molar-refractivity contribution is 14.1. The van der Waals surface area contributed by atoms with Crippen molar-refractivity contribution < 1.29 is 5.11 Å². The first-order valence-corrected chi connectivity index (χ1v) is 12.1. The van der Waals surface area contributed by atoms with Crippen molar-refractivity contribution in [2.45, 2.75) is 31.5 Å². The molecule has 0 bridgehead atoms. The minimum absolute atomic E-state index is 0.260. The maximum Gasteiger partial charge on any atom is 0.194 e. The molecule has 31 heavy (non-hydrogen) atoms. The molecule has 1 aromatic carbocycles. The lowest BCUT2D eigenvalue weighted by molar-refractivity contribution is 0.477. The molecule has 0 saturated carbocycles. The number of fused-ring (bicyclic) bond motifs is 3. The first-order chi connectivity index (χ1) is 15.0. The van der Waals surface area contributed by atoms with Crippen molar-refractivity contribution >= 4 is 51.3 Å². The first-order valence-electron chi connectivity index (χ1n) is 10.1. The standard InChI is InChI=1S/C22H21IN6OS/c1-12-7-15(10-24-9-12)16-8-14(3-4-17(16)30)5-6-25-19-18-20(28-21(23)27-19)29-13(2)11-31-22(29)26-18/h3-4,7-10,13,30H,5-6,11H2,1-2H3,(H,25,27,28)/t13-/m1/s1. The second kappa shape index (κ2) is 8.27. The van der Waals surface area contributed by atoms with E-state index < -0.39 is 0 Å². The summed E-state index contributed by atoms with van der Waals surface area (Å²) >= 11 is 3.92. The van der Waals surface area contributed by atoms with Crippen LogP contribution in [0.3, 0.4) is 0 Å². The van der Waals surface area contributed by atoms with Crippen LogP contribution in [0.5, 0.6) is 5.75 Å². The molecule has 0 fully saturated rings. The number of nitrogens with zero attached hydrogens (tertiary/aromatic N) is 5. The third-order valence-electron chi connectivity index (χ3n) is 5.33. The van der Waals surface area contributed by atoms with Crippen LogP contribution in [0.15, 0.2) is 41.8 Å². The summed E-state index contributed by atoms with van der Waals surface area (Å²) < 4.78 is 2.91. The average molecular weight is 544 g/mol. The van der Waals surface area contributed by atoms with Gasteiger partial charge >= 0.3 is 0 Å². The van der Waals surface area contributed by atoms with Gasteiger partial charge in [0.05, 0.1) is 0 Å². The molecule has 7 nitrogen and oxygen atoms in total. The van der Waals surface area contributed by atoms with Gasteiger partial charge in [-0.1, -0.05) is 17.8 Å². The zero-order valence-corrected chi connectivity index (χ0v) is 20.1. The van der Waals surface area contributed by atoms with E-state index >= 15 is 0 Å². The number of rotatable bonds is 5. The van der Waals surface area contributed by atoms with E-state index in [2.05, 4.69) is 54.4 Å². The SMILES string of the molecule is Cc1cncc(-c2cc(CCNc3nc(I)nc4c3nc3n4[C@H](C)CS3)ccc2O)c1. The zero-order chi connectivity index (χ0) is 21.5. The Labute approximate surface area is 197 Å². The molecule has 3 aromatic heterocycles. The molecule has 158 valence electrons. The molecule has 9 heteroatoms. The first kappa shape index (κ1) is 20.5. The summed E-state index contributed by atoms with van der Waals surface area (Å²) in [6.07, 6.45) is 4.37. The third-order valence-corrected chi connectivity index (χ3v) is 7.01. The smallest absolute Gasteiger partial charge is 0.194 e. The number of hydrogen-bond acceptors (Lipinski definition) is 7. The summed E-state index contributed by atoms with van der Waals surface area (Å²) in [6.45, 7) is 4.89. The maximum absolute atomic E-state index is 10.3. The molecule has 1 aliphatic rings. The van der Waals surface area contributed by atoms with Crippen LogP contribution in [0, 0.1) is 10.8 Å². The van der Waals surface area contributed by atoms with Gasteiger partial charge in [0, 0.05) is 64.5 Å². The summed E-state index contributed by atoms with van der Waals surface area (Å²) in [5.41, 5.74) is 5.62. The Kier molecular flexibility index (Phi) is 5.47. The van der Waals surface area contributed by atoms with Crippen LogP contribution in [0.2, 0.25) is 0 Å². The van der Waals surface area contributed by atoms with E-state index in [1.165, 1.54) is 0 Å². The van der Waals surface area contributed by atoms with Gasteiger partial charge < -0.3 is 10.4 Å². The number of imidazole rings is 1. The molecule has 1 aliphatic heterocycles. The van der Waals surface area contributed by atoms with Gasteiger partial charge in [-0.05, 0) is 49.6 Å². The van der Waals surface area contributed by atoms with E-state index in [0.29, 0.717) is 16.4 Å². The van der Waals surface area contributed by atoms with Crippen molar-refractivity contribution in [3.05, 3.63) is 51.6 Å². The summed E-state index contributed by atoms with van der Waals surface area (Å²) in [5, 5.41) is 14.8. The molecule has 5 rings (SSSR count). The van der Waals surface area contributed by atoms with E-state index in [9.17, 15) is 5.11 Å². The lowest BCUT2D eigenvalue weighted by atomic mass is 10.0. The number of aromatic hydroxyl groups is 1. The number of aromatic nitrogens is 5. The Balaban J connectivity index is 1.37. The van der Waals surface area contributed by atoms with Crippen molar-refractivity contribution in [3.63, 3.8) is 0 Å². The minimum atomic E-state index is 0.260. The molecule has 0 saturated heterocycles. The number of thioether (sulfide) groups is 1. The van der Waals surface area contributed by atoms with Crippen LogP contribution in [0.4, 0.5) is 5.82 Å². The Bertz CT molecular complexity index is 1290. The molecule has 0 radical (unpaired) electrons. The Morgan fingerprint density at radius 3 is 2.94 bits per heavy atom. The molecule has 4 aromatic rings. The highest BCUT2D eigenvalue weighted by Crippen LogP contribution is 2.37. The van der Waals surface area contributed by atoms with Crippen LogP contribution in [0.1, 0.15) is 24.1 Å². The fraction of sp³-hybridized carbons (Fsp3) is 0.273. The fourth-order valence-electron chi connectivity index (χ4n) is 3.82. The molecule has 0 amide bonds. The number of anilines is 1. The van der Waals surface area contributed by atoms with E-state index in [1.54, 1.807) is 24.0 Å². The Hall–Kier alpha value is -2.40. The van der Waals surface area contributed by atoms with Crippen molar-refractivity contribution in [3.8, 4) is 16.9 Å². The highest BCUT2D eigenvalue weighted by atomic mass is 127. The van der Waals surface area contributed by atoms with Gasteiger partial charge in [0.25, 0.3) is 0 Å². The number of hydrogen-bond donors (Lipinski definition) is 2. The Morgan fingerprint density at radius 2 is 2.10 bits per heavy atom. The van der Waals surface area contributed by atoms with Gasteiger partial charge in [-0.25, -0.2) is 15.0 Å². The summed E-state index contributed by atoms with van der Waals surface area (Å²) in [5.74, 6) is 2.06. The predicted molar refractivity (Wildman–Crippen MR) is 132 cm³/mol. The summed E-state index contributed by atoms with van der Waals surface area (Å²) in [7, 11) is 0. The van der Waals surface area contributed by atoms with Crippen LogP contribution in [-0.2, 0) is 6.42 Å². The molecule has 0 spiro atoms. The summed E-state index contributed by atoms with van der Waals surface area (Å²) in [4.78, 5) is 18.3. The van der Waals surface area contributed by atoms with Crippen LogP contribution in [-0.4, -0.2) is 41.9 Å². The topological polar surface area (TPSA) is 88.8 Å². The van der Waals surface area contributed by atoms with Gasteiger partial charge in [-0.3, -0.25) is 9.55 Å². The fourth-order valence-corrected chi connectivity index (χ4v) is 5.39. The lowest BCUT2D eigenvalue weighted by Crippen LogP contribution is -2.09. The van der Waals surface area contributed by atoms with Crippen LogP contribution in [0.25, 0.3) is 22.3 Å². The van der Waals surface area contributed by atoms with Crippen molar-refractivity contribution in [1.82, 2.24) is 24.5 Å². The number of halogens is 1. The number of phenolic OH excluding ortho intramolecular Hbond substituents is 1. The average Bonchev–Trinajstić information content (AvgIpc) is 3.29.